The van der Waals surface area contributed by atoms with Gasteiger partial charge in [0.05, 0.1) is 10.5 Å². The lowest BCUT2D eigenvalue weighted by atomic mass is 10.0. The molecule has 0 saturated heterocycles. The van der Waals surface area contributed by atoms with Gasteiger partial charge in [0, 0.05) is 35.7 Å². The molecule has 0 fully saturated rings. The first-order chi connectivity index (χ1) is 12.6. The molecule has 0 aliphatic rings. The van der Waals surface area contributed by atoms with Gasteiger partial charge >= 0.3 is 5.97 Å². The fourth-order valence-electron chi connectivity index (χ4n) is 2.26. The number of carbonyl (C=O) groups is 1. The summed E-state index contributed by atoms with van der Waals surface area (Å²) in [4.78, 5) is 31.5. The molecule has 3 aromatic rings. The number of non-ortho nitro benzene ring substituents is 1. The van der Waals surface area contributed by atoms with Crippen LogP contribution in [0.15, 0.2) is 84.3 Å². The van der Waals surface area contributed by atoms with Crippen LogP contribution in [-0.4, -0.2) is 21.6 Å². The zero-order chi connectivity index (χ0) is 18.4. The molecule has 3 rings (SSSR count). The summed E-state index contributed by atoms with van der Waals surface area (Å²) in [7, 11) is 0. The molecule has 0 aliphatic carbocycles. The molecule has 0 saturated carbocycles. The Balaban J connectivity index is 1.91. The van der Waals surface area contributed by atoms with Crippen molar-refractivity contribution in [3.63, 3.8) is 0 Å². The third-order valence-electron chi connectivity index (χ3n) is 3.51. The van der Waals surface area contributed by atoms with Crippen molar-refractivity contribution < 1.29 is 14.6 Å². The lowest BCUT2D eigenvalue weighted by Crippen LogP contribution is -2.08. The molecule has 0 amide bonds. The first-order valence-electron chi connectivity index (χ1n) is 7.65. The van der Waals surface area contributed by atoms with Gasteiger partial charge in [0.2, 0.25) is 0 Å². The van der Waals surface area contributed by atoms with Crippen molar-refractivity contribution in [2.45, 2.75) is 0 Å². The number of hydrogen-bond donors (Lipinski definition) is 0. The zero-order valence-electron chi connectivity index (χ0n) is 13.5. The number of hydrogen-bond acceptors (Lipinski definition) is 6. The van der Waals surface area contributed by atoms with Gasteiger partial charge in [-0.2, -0.15) is 0 Å². The third kappa shape index (κ3) is 3.96. The normalized spacial score (nSPS) is 11.0. The number of nitrogens with zero attached hydrogens (tertiary/aromatic N) is 3. The van der Waals surface area contributed by atoms with Gasteiger partial charge in [0.25, 0.3) is 5.69 Å². The molecule has 0 N–H and O–H groups in total. The molecule has 1 aromatic heterocycles. The van der Waals surface area contributed by atoms with Gasteiger partial charge in [-0.3, -0.25) is 15.1 Å². The van der Waals surface area contributed by atoms with E-state index >= 15 is 0 Å². The van der Waals surface area contributed by atoms with Gasteiger partial charge in [0.1, 0.15) is 5.71 Å². The van der Waals surface area contributed by atoms with E-state index in [-0.39, 0.29) is 11.3 Å². The van der Waals surface area contributed by atoms with Crippen LogP contribution in [0, 0.1) is 10.1 Å². The molecule has 128 valence electrons. The highest BCUT2D eigenvalue weighted by atomic mass is 16.7. The van der Waals surface area contributed by atoms with Gasteiger partial charge in [-0.1, -0.05) is 41.6 Å². The monoisotopic (exact) mass is 347 g/mol. The predicted octanol–water partition coefficient (Wildman–Crippen LogP) is 3.60. The largest absolute Gasteiger partial charge is 0.366 e. The van der Waals surface area contributed by atoms with Crippen molar-refractivity contribution >= 4 is 17.4 Å². The van der Waals surface area contributed by atoms with Crippen molar-refractivity contribution in [2.75, 3.05) is 0 Å². The molecule has 0 radical (unpaired) electrons. The lowest BCUT2D eigenvalue weighted by molar-refractivity contribution is -0.384. The number of pyridine rings is 1. The molecule has 1 heterocycles. The van der Waals surface area contributed by atoms with Crippen LogP contribution in [0.1, 0.15) is 21.5 Å². The number of oxime groups is 1. The standard InChI is InChI=1S/C19H13N3O4/c23-19(16-7-4-8-17(13-16)22(24)25)26-21-18(14-5-2-1-3-6-14)15-9-11-20-12-10-15/h1-13H/b21-18-. The minimum Gasteiger partial charge on any atom is -0.312 e. The summed E-state index contributed by atoms with van der Waals surface area (Å²) in [5, 5.41) is 14.8. The molecule has 0 bridgehead atoms. The Hall–Kier alpha value is -3.87. The van der Waals surface area contributed by atoms with E-state index in [0.717, 1.165) is 17.2 Å². The van der Waals surface area contributed by atoms with Gasteiger partial charge in [-0.25, -0.2) is 4.79 Å². The second-order valence-electron chi connectivity index (χ2n) is 5.23. The maximum Gasteiger partial charge on any atom is 0.366 e. The summed E-state index contributed by atoms with van der Waals surface area (Å²) < 4.78 is 0. The Morgan fingerprint density at radius 3 is 2.27 bits per heavy atom. The maximum atomic E-state index is 12.2. The van der Waals surface area contributed by atoms with Gasteiger partial charge in [0.15, 0.2) is 0 Å². The number of carbonyl (C=O) groups excluding carboxylic acids is 1. The minimum atomic E-state index is -0.781. The highest BCUT2D eigenvalue weighted by Gasteiger charge is 2.14. The Morgan fingerprint density at radius 2 is 1.58 bits per heavy atom. The van der Waals surface area contributed by atoms with E-state index in [1.165, 1.54) is 18.2 Å². The van der Waals surface area contributed by atoms with Crippen LogP contribution >= 0.6 is 0 Å². The Kier molecular flexibility index (Phi) is 5.09. The average molecular weight is 347 g/mol. The second-order valence-corrected chi connectivity index (χ2v) is 5.23. The summed E-state index contributed by atoms with van der Waals surface area (Å²) in [5.74, 6) is -0.781. The van der Waals surface area contributed by atoms with E-state index in [1.54, 1.807) is 24.5 Å². The lowest BCUT2D eigenvalue weighted by Gasteiger charge is -2.06. The maximum absolute atomic E-state index is 12.2. The summed E-state index contributed by atoms with van der Waals surface area (Å²) in [6.07, 6.45) is 3.21. The minimum absolute atomic E-state index is 0.0464. The van der Waals surface area contributed by atoms with Gasteiger partial charge in [-0.15, -0.1) is 0 Å². The summed E-state index contributed by atoms with van der Waals surface area (Å²) in [5.41, 5.74) is 1.78. The summed E-state index contributed by atoms with van der Waals surface area (Å²) >= 11 is 0. The molecular weight excluding hydrogens is 334 g/mol. The number of nitro groups is 1. The van der Waals surface area contributed by atoms with Crippen molar-refractivity contribution in [1.82, 2.24) is 4.98 Å². The van der Waals surface area contributed by atoms with Crippen molar-refractivity contribution in [1.29, 1.82) is 0 Å². The molecule has 26 heavy (non-hydrogen) atoms. The number of benzene rings is 2. The SMILES string of the molecule is O=C(O/N=C(/c1ccccc1)c1ccncc1)c1cccc([N+](=O)[O-])c1. The molecule has 0 spiro atoms. The number of rotatable bonds is 5. The highest BCUT2D eigenvalue weighted by molar-refractivity contribution is 6.12. The summed E-state index contributed by atoms with van der Waals surface area (Å²) in [6.45, 7) is 0. The summed E-state index contributed by atoms with van der Waals surface area (Å²) in [6, 6.07) is 18.0. The van der Waals surface area contributed by atoms with Crippen molar-refractivity contribution in [2.24, 2.45) is 5.16 Å². The molecule has 0 aliphatic heterocycles. The van der Waals surface area contributed by atoms with Crippen LogP contribution in [0.5, 0.6) is 0 Å². The van der Waals surface area contributed by atoms with Crippen molar-refractivity contribution in [3.8, 4) is 0 Å². The second kappa shape index (κ2) is 7.80. The first kappa shape index (κ1) is 17.0. The zero-order valence-corrected chi connectivity index (χ0v) is 13.5. The van der Waals surface area contributed by atoms with Crippen LogP contribution in [0.2, 0.25) is 0 Å². The molecule has 2 aromatic carbocycles. The fraction of sp³-hybridized carbons (Fsp3) is 0. The van der Waals surface area contributed by atoms with Crippen LogP contribution in [0.4, 0.5) is 5.69 Å². The average Bonchev–Trinajstić information content (AvgIpc) is 2.69. The van der Waals surface area contributed by atoms with E-state index in [1.807, 2.05) is 30.3 Å². The quantitative estimate of drug-likeness (QED) is 0.304. The Labute approximate surface area is 148 Å². The first-order valence-corrected chi connectivity index (χ1v) is 7.65. The molecule has 0 atom stereocenters. The third-order valence-corrected chi connectivity index (χ3v) is 3.51. The fourth-order valence-corrected chi connectivity index (χ4v) is 2.26. The van der Waals surface area contributed by atoms with E-state index in [2.05, 4.69) is 10.1 Å². The topological polar surface area (TPSA) is 94.7 Å². The van der Waals surface area contributed by atoms with Crippen LogP contribution in [-0.2, 0) is 4.84 Å². The van der Waals surface area contributed by atoms with E-state index in [4.69, 9.17) is 4.84 Å². The highest BCUT2D eigenvalue weighted by Crippen LogP contribution is 2.15. The van der Waals surface area contributed by atoms with Crippen LogP contribution < -0.4 is 0 Å². The van der Waals surface area contributed by atoms with Gasteiger partial charge in [-0.05, 0) is 18.2 Å². The van der Waals surface area contributed by atoms with E-state index in [0.29, 0.717) is 5.71 Å². The predicted molar refractivity (Wildman–Crippen MR) is 94.8 cm³/mol. The Morgan fingerprint density at radius 1 is 0.923 bits per heavy atom. The van der Waals surface area contributed by atoms with Crippen molar-refractivity contribution in [3.05, 3.63) is 106 Å². The number of nitro benzene ring substituents is 1. The van der Waals surface area contributed by atoms with Crippen LogP contribution in [0.3, 0.4) is 0 Å². The molecule has 7 nitrogen and oxygen atoms in total. The number of aromatic nitrogens is 1. The molecule has 7 heteroatoms. The Bertz CT molecular complexity index is 915. The molecule has 0 unspecified atom stereocenters. The van der Waals surface area contributed by atoms with Crippen LogP contribution in [0.25, 0.3) is 0 Å². The van der Waals surface area contributed by atoms with Gasteiger partial charge < -0.3 is 4.84 Å². The van der Waals surface area contributed by atoms with E-state index in [9.17, 15) is 14.9 Å². The molecular formula is C19H13N3O4. The van der Waals surface area contributed by atoms with E-state index < -0.39 is 10.9 Å². The smallest absolute Gasteiger partial charge is 0.312 e.